The smallest absolute Gasteiger partial charge is 0.251 e. The summed E-state index contributed by atoms with van der Waals surface area (Å²) in [5.41, 5.74) is 9.65. The topological polar surface area (TPSA) is 178 Å². The second-order valence-electron chi connectivity index (χ2n) is 17.4. The van der Waals surface area contributed by atoms with Crippen molar-refractivity contribution in [1.82, 2.24) is 35.3 Å². The quantitative estimate of drug-likeness (QED) is 0.132. The Morgan fingerprint density at radius 2 is 1.54 bits per heavy atom. The third-order valence-electron chi connectivity index (χ3n) is 11.9. The molecule has 6 aromatic rings. The number of β-amino-alcohol motifs (C(OH)–C–C–N with tert-alkyl or cyclic N) is 1. The molecule has 15 heteroatoms. The Labute approximate surface area is 374 Å². The summed E-state index contributed by atoms with van der Waals surface area (Å²) in [7, 11) is 0. The van der Waals surface area contributed by atoms with Gasteiger partial charge < -0.3 is 20.6 Å². The molecule has 3 amide bonds. The summed E-state index contributed by atoms with van der Waals surface area (Å²) in [6.07, 6.45) is -0.793. The number of hydrogen-bond donors (Lipinski definition) is 3. The maximum Gasteiger partial charge on any atom is 0.251 e. The van der Waals surface area contributed by atoms with Gasteiger partial charge in [-0.25, -0.2) is 4.98 Å². The molecule has 13 nitrogen and oxygen atoms in total. The van der Waals surface area contributed by atoms with E-state index in [4.69, 9.17) is 4.99 Å². The highest BCUT2D eigenvalue weighted by Gasteiger charge is 2.45. The molecule has 0 unspecified atom stereocenters. The molecule has 2 aliphatic rings. The Hall–Kier alpha value is -6.34. The van der Waals surface area contributed by atoms with Gasteiger partial charge in [0.1, 0.15) is 39.9 Å². The zero-order valence-electron chi connectivity index (χ0n) is 36.4. The molecule has 2 aliphatic heterocycles. The summed E-state index contributed by atoms with van der Waals surface area (Å²) >= 11 is 2.99. The van der Waals surface area contributed by atoms with E-state index in [-0.39, 0.29) is 31.0 Å². The number of rotatable bonds is 9. The predicted molar refractivity (Wildman–Crippen MR) is 245 cm³/mol. The Morgan fingerprint density at radius 1 is 0.905 bits per heavy atom. The van der Waals surface area contributed by atoms with Gasteiger partial charge in [-0.15, -0.1) is 32.9 Å². The number of nitriles is 1. The molecule has 1 fully saturated rings. The van der Waals surface area contributed by atoms with Gasteiger partial charge in [0.15, 0.2) is 5.82 Å². The first-order valence-corrected chi connectivity index (χ1v) is 22.6. The number of aromatic nitrogens is 4. The number of aryl methyl sites for hydroxylation is 2. The van der Waals surface area contributed by atoms with Crippen LogP contribution in [-0.4, -0.2) is 77.9 Å². The fourth-order valence-electron chi connectivity index (χ4n) is 8.34. The highest BCUT2D eigenvalue weighted by molar-refractivity contribution is 7.15. The lowest BCUT2D eigenvalue weighted by Crippen LogP contribution is -2.57. The molecule has 322 valence electrons. The van der Waals surface area contributed by atoms with E-state index >= 15 is 0 Å². The minimum absolute atomic E-state index is 0.0202. The zero-order valence-corrected chi connectivity index (χ0v) is 38.1. The van der Waals surface area contributed by atoms with Gasteiger partial charge in [0.25, 0.3) is 5.91 Å². The first kappa shape index (κ1) is 43.3. The largest absolute Gasteiger partial charge is 0.391 e. The highest BCUT2D eigenvalue weighted by Crippen LogP contribution is 2.39. The molecule has 3 aromatic heterocycles. The van der Waals surface area contributed by atoms with Crippen LogP contribution in [0.1, 0.15) is 108 Å². The molecular formula is C48H49N9O4S2. The van der Waals surface area contributed by atoms with Crippen molar-refractivity contribution in [2.45, 2.75) is 92.1 Å². The maximum atomic E-state index is 14.3. The number of likely N-dealkylation sites (tertiary alicyclic amines) is 1. The van der Waals surface area contributed by atoms with Crippen molar-refractivity contribution in [3.8, 4) is 32.6 Å². The molecule has 1 saturated heterocycles. The van der Waals surface area contributed by atoms with Crippen LogP contribution in [-0.2, 0) is 9.59 Å². The molecule has 0 spiro atoms. The number of benzene rings is 3. The van der Waals surface area contributed by atoms with Gasteiger partial charge >= 0.3 is 0 Å². The fraction of sp³-hybridized carbons (Fsp3) is 0.333. The maximum absolute atomic E-state index is 14.3. The highest BCUT2D eigenvalue weighted by atomic mass is 32.1. The van der Waals surface area contributed by atoms with Gasteiger partial charge in [0, 0.05) is 29.7 Å². The minimum atomic E-state index is -0.983. The van der Waals surface area contributed by atoms with Crippen LogP contribution >= 0.6 is 22.7 Å². The number of nitrogens with zero attached hydrogens (tertiary/aromatic N) is 7. The number of carbonyl (C=O) groups is 3. The van der Waals surface area contributed by atoms with Gasteiger partial charge in [-0.2, -0.15) is 5.26 Å². The Kier molecular flexibility index (Phi) is 11.7. The molecule has 3 aromatic carbocycles. The molecule has 0 radical (unpaired) electrons. The van der Waals surface area contributed by atoms with E-state index < -0.39 is 35.4 Å². The van der Waals surface area contributed by atoms with Crippen LogP contribution < -0.4 is 10.6 Å². The molecule has 0 bridgehead atoms. The van der Waals surface area contributed by atoms with Gasteiger partial charge in [-0.3, -0.25) is 23.9 Å². The summed E-state index contributed by atoms with van der Waals surface area (Å²) in [4.78, 5) is 54.5. The number of amides is 3. The van der Waals surface area contributed by atoms with Crippen molar-refractivity contribution in [2.75, 3.05) is 6.54 Å². The molecule has 3 N–H and O–H groups in total. The van der Waals surface area contributed by atoms with E-state index in [1.165, 1.54) is 16.2 Å². The fourth-order valence-corrected chi connectivity index (χ4v) is 10.3. The number of thiazole rings is 1. The molecule has 63 heavy (non-hydrogen) atoms. The second-order valence-corrected chi connectivity index (χ2v) is 19.2. The third kappa shape index (κ3) is 8.34. The van der Waals surface area contributed by atoms with Crippen LogP contribution in [0.15, 0.2) is 83.3 Å². The van der Waals surface area contributed by atoms with E-state index in [0.29, 0.717) is 10.4 Å². The number of aliphatic imine (C=N–C) groups is 1. The lowest BCUT2D eigenvalue weighted by molar-refractivity contribution is -0.142. The van der Waals surface area contributed by atoms with Crippen molar-refractivity contribution in [3.05, 3.63) is 128 Å². The van der Waals surface area contributed by atoms with Crippen molar-refractivity contribution < 1.29 is 19.5 Å². The molecule has 5 heterocycles. The van der Waals surface area contributed by atoms with Crippen molar-refractivity contribution in [2.24, 2.45) is 10.4 Å². The van der Waals surface area contributed by atoms with Crippen LogP contribution in [0, 0.1) is 37.5 Å². The molecule has 8 rings (SSSR count). The van der Waals surface area contributed by atoms with Crippen LogP contribution in [0.5, 0.6) is 0 Å². The predicted octanol–water partition coefficient (Wildman–Crippen LogP) is 7.81. The molecular weight excluding hydrogens is 831 g/mol. The lowest BCUT2D eigenvalue weighted by Gasteiger charge is -2.35. The third-order valence-corrected chi connectivity index (χ3v) is 14.0. The number of nitrogens with one attached hydrogen (secondary N) is 2. The number of fused-ring (bicyclic) bond motifs is 3. The number of aliphatic hydroxyl groups excluding tert-OH is 1. The summed E-state index contributed by atoms with van der Waals surface area (Å²) in [5, 5.41) is 36.3. The molecule has 5 atom stereocenters. The van der Waals surface area contributed by atoms with Crippen LogP contribution in [0.3, 0.4) is 0 Å². The summed E-state index contributed by atoms with van der Waals surface area (Å²) in [5.74, 6) is 0.232. The van der Waals surface area contributed by atoms with E-state index in [9.17, 15) is 24.8 Å². The van der Waals surface area contributed by atoms with E-state index in [0.717, 1.165) is 71.9 Å². The van der Waals surface area contributed by atoms with Gasteiger partial charge in [0.05, 0.1) is 33.9 Å². The van der Waals surface area contributed by atoms with Crippen LogP contribution in [0.4, 0.5) is 0 Å². The number of aliphatic hydroxyl groups is 1. The second kappa shape index (κ2) is 17.1. The van der Waals surface area contributed by atoms with Crippen LogP contribution in [0.25, 0.3) is 26.6 Å². The van der Waals surface area contributed by atoms with Gasteiger partial charge in [0.2, 0.25) is 11.8 Å². The summed E-state index contributed by atoms with van der Waals surface area (Å²) in [6.45, 7) is 15.3. The minimum Gasteiger partial charge on any atom is -0.391 e. The summed E-state index contributed by atoms with van der Waals surface area (Å²) in [6, 6.07) is 23.0. The lowest BCUT2D eigenvalue weighted by atomic mass is 9.85. The normalized spacial score (nSPS) is 18.1. The van der Waals surface area contributed by atoms with E-state index in [1.54, 1.807) is 23.5 Å². The Bertz CT molecular complexity index is 2790. The van der Waals surface area contributed by atoms with E-state index in [2.05, 4.69) is 31.9 Å². The monoisotopic (exact) mass is 879 g/mol. The van der Waals surface area contributed by atoms with Gasteiger partial charge in [-0.1, -0.05) is 81.4 Å². The number of hydrogen-bond acceptors (Lipinski definition) is 11. The standard InChI is InChI=1S/C48H49N9O4S2/c1-25-38(22-49)63-47-39(25)40(51-28(4)43-55-54-29(5)57(43)47)33-15-11-31(12-16-33)32-13-19-35(20-14-32)44(59)53-42(48(6,7)8)46(61)56-23-36(58)21-37(56)45(60)52-26(2)30-9-17-34(18-10-30)41-27(3)50-24-62-41/h9-20,24,26,28,36-37,42,58H,21,23H2,1-8H3,(H,52,60)(H,53,59)/t26-,28-,36+,37-,42+/m0/s1. The first-order valence-electron chi connectivity index (χ1n) is 20.9. The molecule has 0 saturated carbocycles. The van der Waals surface area contributed by atoms with Crippen molar-refractivity contribution in [3.63, 3.8) is 0 Å². The van der Waals surface area contributed by atoms with Gasteiger partial charge in [-0.05, 0) is 80.0 Å². The average molecular weight is 880 g/mol. The summed E-state index contributed by atoms with van der Waals surface area (Å²) < 4.78 is 2.00. The van der Waals surface area contributed by atoms with Crippen molar-refractivity contribution >= 4 is 46.1 Å². The average Bonchev–Trinajstić information content (AvgIpc) is 4.04. The SMILES string of the molecule is Cc1ncsc1-c1ccc([C@H](C)NC(=O)[C@@H]2C[C@@H](O)CN2C(=O)[C@@H](NC(=O)c2ccc(-c3ccc(C4=N[C@@H](C)c5nnc(C)n5-c5sc(C#N)c(C)c54)cc3)cc2)C(C)(C)C)cc1. The van der Waals surface area contributed by atoms with Crippen LogP contribution in [0.2, 0.25) is 0 Å². The van der Waals surface area contributed by atoms with E-state index in [1.807, 2.05) is 126 Å². The zero-order chi connectivity index (χ0) is 44.9. The number of carbonyl (C=O) groups excluding carboxylic acids is 3. The Balaban J connectivity index is 0.952. The first-order chi connectivity index (χ1) is 30.0. The Morgan fingerprint density at radius 3 is 2.16 bits per heavy atom. The van der Waals surface area contributed by atoms with Crippen molar-refractivity contribution in [1.29, 1.82) is 5.26 Å². The molecule has 0 aliphatic carbocycles. The number of thiophene rings is 1.